The van der Waals surface area contributed by atoms with Gasteiger partial charge >= 0.3 is 0 Å². The lowest BCUT2D eigenvalue weighted by Crippen LogP contribution is -1.81. The normalized spacial score (nSPS) is 11.3. The number of rotatable bonds is 3. The van der Waals surface area contributed by atoms with E-state index in [-0.39, 0.29) is 11.3 Å². The molecule has 23 heavy (non-hydrogen) atoms. The third-order valence-corrected chi connectivity index (χ3v) is 4.22. The van der Waals surface area contributed by atoms with Crippen LogP contribution >= 0.6 is 11.3 Å². The van der Waals surface area contributed by atoms with Crippen LogP contribution in [0.3, 0.4) is 0 Å². The summed E-state index contributed by atoms with van der Waals surface area (Å²) in [5, 5.41) is 31.6. The summed E-state index contributed by atoms with van der Waals surface area (Å²) in [6, 6.07) is 12.1. The zero-order chi connectivity index (χ0) is 16.4. The molecule has 0 radical (unpaired) electrons. The number of allylic oxidation sites excluding steroid dienone is 1. The van der Waals surface area contributed by atoms with Crippen molar-refractivity contribution in [2.24, 2.45) is 5.18 Å². The molecule has 3 rings (SSSR count). The lowest BCUT2D eigenvalue weighted by molar-refractivity contribution is 0.405. The molecular formula is C16H9N3O3S. The first-order chi connectivity index (χ1) is 11.1. The molecular weight excluding hydrogens is 314 g/mol. The Morgan fingerprint density at radius 1 is 1.30 bits per heavy atom. The minimum absolute atomic E-state index is 0.285. The molecule has 0 fully saturated rings. The molecule has 0 aliphatic carbocycles. The number of para-hydroxylation sites is 1. The van der Waals surface area contributed by atoms with Gasteiger partial charge in [-0.2, -0.15) is 5.26 Å². The van der Waals surface area contributed by atoms with Gasteiger partial charge in [-0.15, -0.1) is 16.2 Å². The molecule has 0 aliphatic heterocycles. The Bertz CT molecular complexity index is 953. The quantitative estimate of drug-likeness (QED) is 0.427. The van der Waals surface area contributed by atoms with Crippen LogP contribution in [-0.2, 0) is 0 Å². The SMILES string of the molecule is N#C/C(=C\c1cc(O)c(O)c(N=O)c1)c1nc2ccccc2s1. The van der Waals surface area contributed by atoms with Gasteiger partial charge in [0.1, 0.15) is 11.1 Å². The van der Waals surface area contributed by atoms with Gasteiger partial charge in [-0.05, 0) is 41.1 Å². The topological polar surface area (TPSA) is 107 Å². The lowest BCUT2D eigenvalue weighted by Gasteiger charge is -2.02. The molecule has 2 N–H and O–H groups in total. The number of fused-ring (bicyclic) bond motifs is 1. The predicted molar refractivity (Wildman–Crippen MR) is 88.3 cm³/mol. The second-order valence-corrected chi connectivity index (χ2v) is 5.69. The number of benzene rings is 2. The highest BCUT2D eigenvalue weighted by molar-refractivity contribution is 7.19. The summed E-state index contributed by atoms with van der Waals surface area (Å²) in [6.07, 6.45) is 1.48. The second-order valence-electron chi connectivity index (χ2n) is 4.66. The Morgan fingerprint density at radius 2 is 2.09 bits per heavy atom. The fraction of sp³-hybridized carbons (Fsp3) is 0. The summed E-state index contributed by atoms with van der Waals surface area (Å²) in [6.45, 7) is 0. The standard InChI is InChI=1S/C16H9N3O3S/c17-8-10(16-18-11-3-1-2-4-14(11)23-16)5-9-6-12(19-22)15(21)13(20)7-9/h1-7,20-21H/b10-5+. The zero-order valence-corrected chi connectivity index (χ0v) is 12.4. The van der Waals surface area contributed by atoms with Crippen molar-refractivity contribution in [3.05, 3.63) is 51.9 Å². The number of phenolic OH excluding ortho intramolecular Hbond substituents is 2. The maximum absolute atomic E-state index is 10.7. The first-order valence-corrected chi connectivity index (χ1v) is 7.31. The molecule has 6 nitrogen and oxygen atoms in total. The van der Waals surface area contributed by atoms with Crippen molar-refractivity contribution in [2.45, 2.75) is 0 Å². The van der Waals surface area contributed by atoms with Gasteiger partial charge in [-0.1, -0.05) is 12.1 Å². The van der Waals surface area contributed by atoms with Crippen LogP contribution in [-0.4, -0.2) is 15.2 Å². The molecule has 3 aromatic rings. The number of nitriles is 1. The smallest absolute Gasteiger partial charge is 0.187 e. The van der Waals surface area contributed by atoms with Gasteiger partial charge in [0.15, 0.2) is 17.2 Å². The van der Waals surface area contributed by atoms with Crippen LogP contribution in [0.4, 0.5) is 5.69 Å². The van der Waals surface area contributed by atoms with E-state index in [0.29, 0.717) is 10.6 Å². The van der Waals surface area contributed by atoms with E-state index in [9.17, 15) is 20.4 Å². The van der Waals surface area contributed by atoms with E-state index < -0.39 is 11.5 Å². The Morgan fingerprint density at radius 3 is 2.78 bits per heavy atom. The second kappa shape index (κ2) is 5.87. The number of hydrogen-bond donors (Lipinski definition) is 2. The third-order valence-electron chi connectivity index (χ3n) is 3.15. The van der Waals surface area contributed by atoms with E-state index in [1.165, 1.54) is 29.5 Å². The van der Waals surface area contributed by atoms with Crippen LogP contribution < -0.4 is 0 Å². The molecule has 0 unspecified atom stereocenters. The largest absolute Gasteiger partial charge is 0.504 e. The molecule has 2 aromatic carbocycles. The average Bonchev–Trinajstić information content (AvgIpc) is 2.99. The number of aromatic nitrogens is 1. The fourth-order valence-corrected chi connectivity index (χ4v) is 3.01. The van der Waals surface area contributed by atoms with Crippen LogP contribution in [0.1, 0.15) is 10.6 Å². The Hall–Kier alpha value is -3.24. The van der Waals surface area contributed by atoms with Gasteiger partial charge in [0.25, 0.3) is 0 Å². The van der Waals surface area contributed by atoms with Crippen molar-refractivity contribution in [2.75, 3.05) is 0 Å². The van der Waals surface area contributed by atoms with Crippen molar-refractivity contribution < 1.29 is 10.2 Å². The van der Waals surface area contributed by atoms with E-state index in [0.717, 1.165) is 10.2 Å². The van der Waals surface area contributed by atoms with Crippen LogP contribution in [0.25, 0.3) is 21.9 Å². The van der Waals surface area contributed by atoms with Crippen molar-refractivity contribution in [1.29, 1.82) is 5.26 Å². The molecule has 0 saturated carbocycles. The molecule has 0 amide bonds. The van der Waals surface area contributed by atoms with Crippen molar-refractivity contribution >= 4 is 38.9 Å². The van der Waals surface area contributed by atoms with Gasteiger partial charge in [-0.3, -0.25) is 0 Å². The number of phenols is 2. The molecule has 0 atom stereocenters. The molecule has 0 spiro atoms. The summed E-state index contributed by atoms with van der Waals surface area (Å²) in [5.41, 5.74) is 1.15. The Labute approximate surface area is 134 Å². The number of thiazole rings is 1. The Kier molecular flexibility index (Phi) is 3.75. The summed E-state index contributed by atoms with van der Waals surface area (Å²) in [7, 11) is 0. The molecule has 7 heteroatoms. The first kappa shape index (κ1) is 14.7. The van der Waals surface area contributed by atoms with Gasteiger partial charge in [0.05, 0.1) is 15.8 Å². The van der Waals surface area contributed by atoms with Crippen molar-refractivity contribution in [3.8, 4) is 17.6 Å². The van der Waals surface area contributed by atoms with Crippen LogP contribution in [0.5, 0.6) is 11.5 Å². The highest BCUT2D eigenvalue weighted by atomic mass is 32.1. The number of hydrogen-bond acceptors (Lipinski definition) is 7. The lowest BCUT2D eigenvalue weighted by atomic mass is 10.1. The van der Waals surface area contributed by atoms with Crippen LogP contribution in [0.2, 0.25) is 0 Å². The van der Waals surface area contributed by atoms with Gasteiger partial charge in [0, 0.05) is 0 Å². The average molecular weight is 323 g/mol. The summed E-state index contributed by atoms with van der Waals surface area (Å²) in [5.74, 6) is -1.06. The maximum Gasteiger partial charge on any atom is 0.187 e. The fourth-order valence-electron chi connectivity index (χ4n) is 2.07. The molecule has 1 heterocycles. The monoisotopic (exact) mass is 323 g/mol. The van der Waals surface area contributed by atoms with Gasteiger partial charge < -0.3 is 10.2 Å². The predicted octanol–water partition coefficient (Wildman–Crippen LogP) is 4.17. The number of nitroso groups, excluding NO2 is 1. The minimum atomic E-state index is -0.587. The minimum Gasteiger partial charge on any atom is -0.504 e. The molecule has 1 aromatic heterocycles. The van der Waals surface area contributed by atoms with E-state index in [1.54, 1.807) is 0 Å². The zero-order valence-electron chi connectivity index (χ0n) is 11.6. The van der Waals surface area contributed by atoms with Gasteiger partial charge in [-0.25, -0.2) is 4.98 Å². The summed E-state index contributed by atoms with van der Waals surface area (Å²) in [4.78, 5) is 15.1. The number of nitrogens with zero attached hydrogens (tertiary/aromatic N) is 3. The van der Waals surface area contributed by atoms with Gasteiger partial charge in [0.2, 0.25) is 0 Å². The summed E-state index contributed by atoms with van der Waals surface area (Å²) < 4.78 is 0.951. The molecule has 112 valence electrons. The maximum atomic E-state index is 10.7. The highest BCUT2D eigenvalue weighted by Crippen LogP contribution is 2.37. The molecule has 0 saturated heterocycles. The van der Waals surface area contributed by atoms with E-state index >= 15 is 0 Å². The highest BCUT2D eigenvalue weighted by Gasteiger charge is 2.12. The van der Waals surface area contributed by atoms with Crippen LogP contribution in [0, 0.1) is 16.2 Å². The Balaban J connectivity index is 2.10. The third kappa shape index (κ3) is 2.75. The first-order valence-electron chi connectivity index (χ1n) is 6.49. The number of aromatic hydroxyl groups is 2. The molecule has 0 aliphatic rings. The van der Waals surface area contributed by atoms with Crippen LogP contribution in [0.15, 0.2) is 41.6 Å². The van der Waals surface area contributed by atoms with E-state index in [4.69, 9.17) is 0 Å². The van der Waals surface area contributed by atoms with E-state index in [1.807, 2.05) is 24.3 Å². The van der Waals surface area contributed by atoms with Crippen molar-refractivity contribution in [3.63, 3.8) is 0 Å². The van der Waals surface area contributed by atoms with E-state index in [2.05, 4.69) is 16.2 Å². The summed E-state index contributed by atoms with van der Waals surface area (Å²) >= 11 is 1.37. The van der Waals surface area contributed by atoms with Crippen molar-refractivity contribution in [1.82, 2.24) is 4.98 Å². The molecule has 0 bridgehead atoms.